The van der Waals surface area contributed by atoms with Crippen LogP contribution in [0.4, 0.5) is 9.18 Å². The molecule has 190 valence electrons. The summed E-state index contributed by atoms with van der Waals surface area (Å²) >= 11 is 0. The molecule has 4 amide bonds. The number of nitrogens with zero attached hydrogens (tertiary/aromatic N) is 3. The van der Waals surface area contributed by atoms with Crippen LogP contribution < -0.4 is 15.4 Å². The van der Waals surface area contributed by atoms with E-state index in [2.05, 4.69) is 21.7 Å². The number of hydrogen-bond donors (Lipinski definition) is 2. The molecule has 1 atom stereocenters. The fourth-order valence-corrected chi connectivity index (χ4v) is 4.25. The van der Waals surface area contributed by atoms with Crippen LogP contribution in [0.25, 0.3) is 22.4 Å². The Labute approximate surface area is 215 Å². The normalized spacial score (nSPS) is 15.9. The molecular formula is C27H20FN5O5. The standard InChI is InChI=1S/C17H10N4O3.C10H10FNO2/c18-8-9-2-1-3-10(6-9)11-4-5-13-12(19-11)7-14(24-13)15-16(22)21-17(23)20-15;1-12-5-6-3-4-7(14-2)9(11)8(6)10(12)13/h1-7,15H,(H2,20,21,22,23);3-4H,5H2,1-2H3. The molecule has 2 aliphatic heterocycles. The topological polar surface area (TPSA) is 138 Å². The lowest BCUT2D eigenvalue weighted by Gasteiger charge is -2.05. The Balaban J connectivity index is 0.000000179. The smallest absolute Gasteiger partial charge is 0.322 e. The molecule has 0 bridgehead atoms. The average Bonchev–Trinajstić information content (AvgIpc) is 3.58. The van der Waals surface area contributed by atoms with Gasteiger partial charge in [-0.1, -0.05) is 18.2 Å². The summed E-state index contributed by atoms with van der Waals surface area (Å²) in [5.74, 6) is -0.854. The van der Waals surface area contributed by atoms with E-state index in [9.17, 15) is 18.8 Å². The van der Waals surface area contributed by atoms with Gasteiger partial charge in [-0.05, 0) is 35.9 Å². The number of amides is 4. The van der Waals surface area contributed by atoms with Gasteiger partial charge in [0.05, 0.1) is 30.0 Å². The van der Waals surface area contributed by atoms with E-state index in [1.54, 1.807) is 55.6 Å². The number of halogens is 1. The molecule has 2 aromatic heterocycles. The highest BCUT2D eigenvalue weighted by molar-refractivity contribution is 6.04. The summed E-state index contributed by atoms with van der Waals surface area (Å²) in [6, 6.07) is 16.2. The van der Waals surface area contributed by atoms with Crippen molar-refractivity contribution in [2.75, 3.05) is 14.2 Å². The molecule has 38 heavy (non-hydrogen) atoms. The number of carbonyl (C=O) groups excluding carboxylic acids is 3. The Hall–Kier alpha value is -5.24. The summed E-state index contributed by atoms with van der Waals surface area (Å²) in [4.78, 5) is 40.4. The van der Waals surface area contributed by atoms with E-state index in [4.69, 9.17) is 14.4 Å². The number of nitrogens with one attached hydrogen (secondary N) is 2. The third-order valence-electron chi connectivity index (χ3n) is 6.12. The van der Waals surface area contributed by atoms with Gasteiger partial charge in [0, 0.05) is 25.2 Å². The number of benzene rings is 2. The minimum atomic E-state index is -0.850. The van der Waals surface area contributed by atoms with Crippen molar-refractivity contribution in [3.8, 4) is 23.1 Å². The molecule has 0 aliphatic carbocycles. The van der Waals surface area contributed by atoms with Crippen LogP contribution in [0.15, 0.2) is 59.0 Å². The Bertz CT molecular complexity index is 1660. The van der Waals surface area contributed by atoms with E-state index >= 15 is 0 Å². The first-order chi connectivity index (χ1) is 18.3. The lowest BCUT2D eigenvalue weighted by Crippen LogP contribution is -2.22. The number of aromatic nitrogens is 1. The summed E-state index contributed by atoms with van der Waals surface area (Å²) < 4.78 is 24.0. The molecule has 6 rings (SSSR count). The lowest BCUT2D eigenvalue weighted by atomic mass is 10.1. The van der Waals surface area contributed by atoms with Crippen molar-refractivity contribution in [2.24, 2.45) is 0 Å². The third-order valence-corrected chi connectivity index (χ3v) is 6.12. The van der Waals surface area contributed by atoms with E-state index in [1.165, 1.54) is 12.0 Å². The molecule has 2 aromatic carbocycles. The average molecular weight is 513 g/mol. The van der Waals surface area contributed by atoms with Crippen LogP contribution in [0.2, 0.25) is 0 Å². The second kappa shape index (κ2) is 9.67. The molecule has 10 nitrogen and oxygen atoms in total. The Morgan fingerprint density at radius 2 is 1.97 bits per heavy atom. The van der Waals surface area contributed by atoms with Gasteiger partial charge in [0.15, 0.2) is 23.2 Å². The van der Waals surface area contributed by atoms with Crippen LogP contribution in [0.5, 0.6) is 5.75 Å². The predicted molar refractivity (Wildman–Crippen MR) is 132 cm³/mol. The van der Waals surface area contributed by atoms with Crippen molar-refractivity contribution in [2.45, 2.75) is 12.6 Å². The lowest BCUT2D eigenvalue weighted by molar-refractivity contribution is -0.120. The zero-order valence-electron chi connectivity index (χ0n) is 20.2. The highest BCUT2D eigenvalue weighted by Gasteiger charge is 2.34. The van der Waals surface area contributed by atoms with Gasteiger partial charge >= 0.3 is 6.03 Å². The number of nitriles is 1. The maximum Gasteiger partial charge on any atom is 0.322 e. The molecule has 0 saturated carbocycles. The predicted octanol–water partition coefficient (Wildman–Crippen LogP) is 3.67. The number of urea groups is 1. The number of furan rings is 1. The Morgan fingerprint density at radius 1 is 1.16 bits per heavy atom. The minimum Gasteiger partial charge on any atom is -0.494 e. The molecule has 4 heterocycles. The largest absolute Gasteiger partial charge is 0.494 e. The number of ether oxygens (including phenoxy) is 1. The summed E-state index contributed by atoms with van der Waals surface area (Å²) in [5.41, 5.74) is 3.99. The molecule has 1 unspecified atom stereocenters. The highest BCUT2D eigenvalue weighted by atomic mass is 19.1. The zero-order chi connectivity index (χ0) is 27.0. The number of imide groups is 1. The van der Waals surface area contributed by atoms with Crippen LogP contribution in [0.3, 0.4) is 0 Å². The maximum atomic E-state index is 13.6. The maximum absolute atomic E-state index is 13.6. The van der Waals surface area contributed by atoms with Crippen LogP contribution in [0, 0.1) is 17.1 Å². The van der Waals surface area contributed by atoms with Crippen molar-refractivity contribution in [3.63, 3.8) is 0 Å². The highest BCUT2D eigenvalue weighted by Crippen LogP contribution is 2.30. The van der Waals surface area contributed by atoms with E-state index in [1.807, 2.05) is 6.07 Å². The van der Waals surface area contributed by atoms with Gasteiger partial charge in [-0.3, -0.25) is 14.9 Å². The number of hydrogen-bond acceptors (Lipinski definition) is 7. The molecule has 2 aliphatic rings. The summed E-state index contributed by atoms with van der Waals surface area (Å²) in [5, 5.41) is 13.6. The monoisotopic (exact) mass is 513 g/mol. The first-order valence-electron chi connectivity index (χ1n) is 11.4. The minimum absolute atomic E-state index is 0.118. The Kier molecular flexibility index (Phi) is 6.22. The van der Waals surface area contributed by atoms with Crippen LogP contribution >= 0.6 is 0 Å². The van der Waals surface area contributed by atoms with E-state index in [0.29, 0.717) is 34.7 Å². The molecule has 4 aromatic rings. The molecule has 1 fully saturated rings. The summed E-state index contributed by atoms with van der Waals surface area (Å²) in [6.45, 7) is 0.467. The molecule has 2 N–H and O–H groups in total. The van der Waals surface area contributed by atoms with Gasteiger partial charge in [-0.15, -0.1) is 0 Å². The van der Waals surface area contributed by atoms with Crippen LogP contribution in [-0.2, 0) is 11.3 Å². The van der Waals surface area contributed by atoms with Crippen molar-refractivity contribution in [3.05, 3.63) is 82.9 Å². The second-order valence-corrected chi connectivity index (χ2v) is 8.59. The van der Waals surface area contributed by atoms with Gasteiger partial charge in [-0.25, -0.2) is 14.2 Å². The first kappa shape index (κ1) is 24.5. The molecular weight excluding hydrogens is 493 g/mol. The Morgan fingerprint density at radius 3 is 2.68 bits per heavy atom. The zero-order valence-corrected chi connectivity index (χ0v) is 20.2. The third kappa shape index (κ3) is 4.39. The summed E-state index contributed by atoms with van der Waals surface area (Å²) in [7, 11) is 3.03. The SMILES string of the molecule is COc1ccc2c(c1F)C(=O)N(C)C2.N#Cc1cccc(-c2ccc3oc(C4NC(=O)NC4=O)cc3n2)c1. The van der Waals surface area contributed by atoms with Gasteiger partial charge < -0.3 is 19.4 Å². The number of fused-ring (bicyclic) bond motifs is 2. The fourth-order valence-electron chi connectivity index (χ4n) is 4.25. The van der Waals surface area contributed by atoms with Gasteiger partial charge in [0.2, 0.25) is 0 Å². The van der Waals surface area contributed by atoms with Gasteiger partial charge in [0.1, 0.15) is 11.3 Å². The molecule has 1 saturated heterocycles. The number of carbonyl (C=O) groups is 3. The number of pyridine rings is 1. The van der Waals surface area contributed by atoms with Crippen molar-refractivity contribution in [1.82, 2.24) is 20.5 Å². The van der Waals surface area contributed by atoms with Gasteiger partial charge in [0.25, 0.3) is 11.8 Å². The molecule has 0 spiro atoms. The fraction of sp³-hybridized carbons (Fsp3) is 0.148. The van der Waals surface area contributed by atoms with Crippen LogP contribution in [-0.4, -0.2) is 41.9 Å². The van der Waals surface area contributed by atoms with Crippen molar-refractivity contribution < 1.29 is 27.9 Å². The van der Waals surface area contributed by atoms with Gasteiger partial charge in [-0.2, -0.15) is 5.26 Å². The number of methoxy groups -OCH3 is 1. The first-order valence-corrected chi connectivity index (χ1v) is 11.4. The van der Waals surface area contributed by atoms with E-state index in [0.717, 1.165) is 11.1 Å². The van der Waals surface area contributed by atoms with Crippen molar-refractivity contribution >= 4 is 28.9 Å². The quantitative estimate of drug-likeness (QED) is 0.399. The molecule has 0 radical (unpaired) electrons. The van der Waals surface area contributed by atoms with E-state index < -0.39 is 23.8 Å². The number of rotatable bonds is 3. The molecule has 11 heteroatoms. The van der Waals surface area contributed by atoms with Crippen molar-refractivity contribution in [1.29, 1.82) is 5.26 Å². The second-order valence-electron chi connectivity index (χ2n) is 8.59. The summed E-state index contributed by atoms with van der Waals surface area (Å²) in [6.07, 6.45) is 0. The van der Waals surface area contributed by atoms with Crippen LogP contribution in [0.1, 0.15) is 33.3 Å². The van der Waals surface area contributed by atoms with E-state index in [-0.39, 0.29) is 17.2 Å².